The van der Waals surface area contributed by atoms with Crippen LogP contribution in [0.2, 0.25) is 0 Å². The van der Waals surface area contributed by atoms with Gasteiger partial charge in [-0.2, -0.15) is 0 Å². The molecule has 1 aromatic rings. The molecular formula is C14H16O. The van der Waals surface area contributed by atoms with Crippen LogP contribution in [0.4, 0.5) is 0 Å². The second-order valence-corrected chi connectivity index (χ2v) is 3.56. The molecule has 0 atom stereocenters. The Morgan fingerprint density at radius 3 is 2.27 bits per heavy atom. The number of rotatable bonds is 4. The molecule has 0 aliphatic rings. The van der Waals surface area contributed by atoms with E-state index in [0.717, 1.165) is 11.3 Å². The molecule has 0 saturated heterocycles. The lowest BCUT2D eigenvalue weighted by Gasteiger charge is -2.04. The lowest BCUT2D eigenvalue weighted by atomic mass is 10.2. The van der Waals surface area contributed by atoms with Crippen molar-refractivity contribution < 1.29 is 4.74 Å². The molecule has 15 heavy (non-hydrogen) atoms. The fraction of sp³-hybridized carbons (Fsp3) is 0.143. The van der Waals surface area contributed by atoms with Gasteiger partial charge in [0.05, 0.1) is 0 Å². The summed E-state index contributed by atoms with van der Waals surface area (Å²) in [5.74, 6) is 1.42. The van der Waals surface area contributed by atoms with Crippen molar-refractivity contribution in [3.63, 3.8) is 0 Å². The molecule has 0 saturated carbocycles. The highest BCUT2D eigenvalue weighted by molar-refractivity contribution is 5.30. The third-order valence-electron chi connectivity index (χ3n) is 1.82. The summed E-state index contributed by atoms with van der Waals surface area (Å²) in [5.41, 5.74) is 2.19. The van der Waals surface area contributed by atoms with E-state index in [1.807, 2.05) is 50.3 Å². The molecule has 0 aliphatic heterocycles. The molecule has 0 unspecified atom stereocenters. The summed E-state index contributed by atoms with van der Waals surface area (Å²) in [7, 11) is 0. The van der Waals surface area contributed by atoms with E-state index in [4.69, 9.17) is 4.74 Å². The monoisotopic (exact) mass is 200 g/mol. The first-order chi connectivity index (χ1) is 7.08. The Hall–Kier alpha value is -1.76. The molecule has 0 aliphatic carbocycles. The lowest BCUT2D eigenvalue weighted by molar-refractivity contribution is 0.447. The van der Waals surface area contributed by atoms with E-state index >= 15 is 0 Å². The quantitative estimate of drug-likeness (QED) is 0.527. The lowest BCUT2D eigenvalue weighted by Crippen LogP contribution is -1.89. The molecule has 78 valence electrons. The van der Waals surface area contributed by atoms with Gasteiger partial charge in [-0.05, 0) is 32.1 Å². The van der Waals surface area contributed by atoms with E-state index < -0.39 is 0 Å². The molecule has 0 spiro atoms. The number of hydrogen-bond donors (Lipinski definition) is 0. The molecule has 0 N–H and O–H groups in total. The van der Waals surface area contributed by atoms with E-state index in [-0.39, 0.29) is 0 Å². The number of benzene rings is 1. The predicted octanol–water partition coefficient (Wildman–Crippen LogP) is 4.02. The summed E-state index contributed by atoms with van der Waals surface area (Å²) in [6.45, 7) is 11.5. The van der Waals surface area contributed by atoms with Crippen LogP contribution in [0.25, 0.3) is 0 Å². The Balaban J connectivity index is 2.59. The fourth-order valence-corrected chi connectivity index (χ4v) is 1.03. The van der Waals surface area contributed by atoms with E-state index in [0.29, 0.717) is 5.76 Å². The molecule has 1 heteroatoms. The molecular weight excluding hydrogens is 184 g/mol. The molecule has 0 bridgehead atoms. The Bertz CT molecular complexity index is 382. The van der Waals surface area contributed by atoms with Gasteiger partial charge in [0.15, 0.2) is 0 Å². The van der Waals surface area contributed by atoms with Crippen LogP contribution in [0.1, 0.15) is 12.5 Å². The van der Waals surface area contributed by atoms with Gasteiger partial charge in [0.1, 0.15) is 11.5 Å². The van der Waals surface area contributed by atoms with E-state index in [1.54, 1.807) is 0 Å². The predicted molar refractivity (Wildman–Crippen MR) is 64.9 cm³/mol. The van der Waals surface area contributed by atoms with Crippen LogP contribution < -0.4 is 4.74 Å². The van der Waals surface area contributed by atoms with E-state index in [1.165, 1.54) is 5.56 Å². The minimum absolute atomic E-state index is 0.613. The SMILES string of the molecule is C=C(C)/C=C\C(=C)Oc1ccc(C)cc1. The fourth-order valence-electron chi connectivity index (χ4n) is 1.03. The van der Waals surface area contributed by atoms with Crippen LogP contribution in [0.5, 0.6) is 5.75 Å². The van der Waals surface area contributed by atoms with E-state index in [2.05, 4.69) is 13.2 Å². The van der Waals surface area contributed by atoms with E-state index in [9.17, 15) is 0 Å². The normalized spacial score (nSPS) is 10.3. The second kappa shape index (κ2) is 5.20. The third-order valence-corrected chi connectivity index (χ3v) is 1.82. The van der Waals surface area contributed by atoms with Gasteiger partial charge in [-0.3, -0.25) is 0 Å². The van der Waals surface area contributed by atoms with Gasteiger partial charge >= 0.3 is 0 Å². The van der Waals surface area contributed by atoms with Crippen LogP contribution in [0, 0.1) is 6.92 Å². The highest BCUT2D eigenvalue weighted by Gasteiger charge is 1.93. The van der Waals surface area contributed by atoms with Crippen LogP contribution in [-0.2, 0) is 0 Å². The average molecular weight is 200 g/mol. The van der Waals surface area contributed by atoms with Crippen molar-refractivity contribution in [2.75, 3.05) is 0 Å². The minimum atomic E-state index is 0.613. The summed E-state index contributed by atoms with van der Waals surface area (Å²) in [6.07, 6.45) is 3.68. The smallest absolute Gasteiger partial charge is 0.127 e. The molecule has 1 nitrogen and oxygen atoms in total. The number of ether oxygens (including phenoxy) is 1. The molecule has 0 heterocycles. The molecule has 0 fully saturated rings. The Kier molecular flexibility index (Phi) is 3.92. The zero-order valence-corrected chi connectivity index (χ0v) is 9.29. The summed E-state index contributed by atoms with van der Waals surface area (Å²) >= 11 is 0. The van der Waals surface area contributed by atoms with Crippen molar-refractivity contribution in [1.29, 1.82) is 0 Å². The highest BCUT2D eigenvalue weighted by atomic mass is 16.5. The second-order valence-electron chi connectivity index (χ2n) is 3.56. The van der Waals surface area contributed by atoms with Crippen molar-refractivity contribution in [3.8, 4) is 5.75 Å². The molecule has 0 amide bonds. The van der Waals surface area contributed by atoms with Crippen LogP contribution >= 0.6 is 0 Å². The Morgan fingerprint density at radius 1 is 1.13 bits per heavy atom. The molecule has 0 radical (unpaired) electrons. The third kappa shape index (κ3) is 4.32. The first kappa shape index (κ1) is 11.3. The van der Waals surface area contributed by atoms with Crippen molar-refractivity contribution >= 4 is 0 Å². The zero-order chi connectivity index (χ0) is 11.3. The van der Waals surface area contributed by atoms with Crippen molar-refractivity contribution in [2.45, 2.75) is 13.8 Å². The van der Waals surface area contributed by atoms with Crippen LogP contribution in [0.15, 0.2) is 60.9 Å². The summed E-state index contributed by atoms with van der Waals surface area (Å²) < 4.78 is 5.50. The Labute approximate surface area is 91.4 Å². The number of hydrogen-bond acceptors (Lipinski definition) is 1. The summed E-state index contributed by atoms with van der Waals surface area (Å²) in [5, 5.41) is 0. The van der Waals surface area contributed by atoms with Gasteiger partial charge in [0.25, 0.3) is 0 Å². The first-order valence-corrected chi connectivity index (χ1v) is 4.85. The summed E-state index contributed by atoms with van der Waals surface area (Å²) in [6, 6.07) is 7.86. The van der Waals surface area contributed by atoms with Crippen molar-refractivity contribution in [2.24, 2.45) is 0 Å². The maximum absolute atomic E-state index is 5.50. The Morgan fingerprint density at radius 2 is 1.73 bits per heavy atom. The average Bonchev–Trinajstić information content (AvgIpc) is 2.19. The highest BCUT2D eigenvalue weighted by Crippen LogP contribution is 2.14. The standard InChI is InChI=1S/C14H16O/c1-11(2)5-8-13(4)15-14-9-6-12(3)7-10-14/h5-10H,1,4H2,2-3H3/b8-5-. The van der Waals surface area contributed by atoms with Crippen LogP contribution in [0.3, 0.4) is 0 Å². The van der Waals surface area contributed by atoms with Gasteiger partial charge in [0.2, 0.25) is 0 Å². The first-order valence-electron chi connectivity index (χ1n) is 4.85. The van der Waals surface area contributed by atoms with Gasteiger partial charge < -0.3 is 4.74 Å². The summed E-state index contributed by atoms with van der Waals surface area (Å²) in [4.78, 5) is 0. The van der Waals surface area contributed by atoms with Crippen molar-refractivity contribution in [3.05, 3.63) is 66.5 Å². The van der Waals surface area contributed by atoms with Gasteiger partial charge in [-0.15, -0.1) is 0 Å². The molecule has 1 rings (SSSR count). The topological polar surface area (TPSA) is 9.23 Å². The molecule has 1 aromatic carbocycles. The maximum atomic E-state index is 5.50. The largest absolute Gasteiger partial charge is 0.458 e. The van der Waals surface area contributed by atoms with Gasteiger partial charge in [0, 0.05) is 0 Å². The molecule has 0 aromatic heterocycles. The zero-order valence-electron chi connectivity index (χ0n) is 9.29. The maximum Gasteiger partial charge on any atom is 0.127 e. The number of allylic oxidation sites excluding steroid dienone is 3. The van der Waals surface area contributed by atoms with Crippen LogP contribution in [-0.4, -0.2) is 0 Å². The van der Waals surface area contributed by atoms with Gasteiger partial charge in [-0.1, -0.05) is 42.5 Å². The minimum Gasteiger partial charge on any atom is -0.458 e. The number of aryl methyl sites for hydroxylation is 1. The van der Waals surface area contributed by atoms with Gasteiger partial charge in [-0.25, -0.2) is 0 Å². The van der Waals surface area contributed by atoms with Crippen molar-refractivity contribution in [1.82, 2.24) is 0 Å².